The van der Waals surface area contributed by atoms with E-state index in [9.17, 15) is 4.79 Å². The summed E-state index contributed by atoms with van der Waals surface area (Å²) in [5, 5.41) is 0. The van der Waals surface area contributed by atoms with Crippen molar-refractivity contribution in [3.8, 4) is 0 Å². The largest absolute Gasteiger partial charge is 0.342 e. The number of carbonyl (C=O) groups excluding carboxylic acids is 1. The van der Waals surface area contributed by atoms with Gasteiger partial charge in [-0.3, -0.25) is 9.69 Å². The van der Waals surface area contributed by atoms with Gasteiger partial charge in [-0.2, -0.15) is 0 Å². The molecule has 0 aromatic heterocycles. The van der Waals surface area contributed by atoms with Crippen molar-refractivity contribution in [2.45, 2.75) is 46.1 Å². The van der Waals surface area contributed by atoms with Crippen LogP contribution in [-0.4, -0.2) is 54.5 Å². The number of amides is 1. The van der Waals surface area contributed by atoms with Gasteiger partial charge >= 0.3 is 0 Å². The molecule has 4 nitrogen and oxygen atoms in total. The number of nitrogens with zero attached hydrogens (tertiary/aromatic N) is 2. The minimum atomic E-state index is 0.272. The number of rotatable bonds is 6. The second kappa shape index (κ2) is 7.74. The summed E-state index contributed by atoms with van der Waals surface area (Å²) in [5.41, 5.74) is 5.88. The Bertz CT molecular complexity index is 249. The Balaban J connectivity index is 2.37. The van der Waals surface area contributed by atoms with Gasteiger partial charge in [0.25, 0.3) is 0 Å². The first-order chi connectivity index (χ1) is 8.56. The van der Waals surface area contributed by atoms with Crippen LogP contribution in [0.2, 0.25) is 0 Å². The monoisotopic (exact) mass is 255 g/mol. The van der Waals surface area contributed by atoms with Gasteiger partial charge in [0.1, 0.15) is 0 Å². The Morgan fingerprint density at radius 1 is 1.39 bits per heavy atom. The molecule has 18 heavy (non-hydrogen) atoms. The number of piperidine rings is 1. The molecule has 1 rings (SSSR count). The van der Waals surface area contributed by atoms with E-state index in [1.807, 2.05) is 4.90 Å². The second-order valence-electron chi connectivity index (χ2n) is 5.56. The molecule has 4 heteroatoms. The Morgan fingerprint density at radius 2 is 2.00 bits per heavy atom. The number of likely N-dealkylation sites (N-methyl/N-ethyl adjacent to an activating group) is 1. The standard InChI is InChI=1S/C14H29N3O/c1-4-12(3)10-17(5-2)14(18)11-16-8-6-13(15)7-9-16/h12-13H,4-11,15H2,1-3H3. The van der Waals surface area contributed by atoms with Gasteiger partial charge in [-0.05, 0) is 25.7 Å². The summed E-state index contributed by atoms with van der Waals surface area (Å²) in [6, 6.07) is 0.332. The third kappa shape index (κ3) is 4.94. The highest BCUT2D eigenvalue weighted by atomic mass is 16.2. The third-order valence-electron chi connectivity index (χ3n) is 3.95. The number of hydrogen-bond donors (Lipinski definition) is 1. The normalized spacial score (nSPS) is 19.8. The highest BCUT2D eigenvalue weighted by molar-refractivity contribution is 5.78. The van der Waals surface area contributed by atoms with E-state index in [0.717, 1.165) is 45.4 Å². The van der Waals surface area contributed by atoms with Crippen LogP contribution < -0.4 is 5.73 Å². The van der Waals surface area contributed by atoms with Crippen LogP contribution >= 0.6 is 0 Å². The van der Waals surface area contributed by atoms with Crippen molar-refractivity contribution in [1.29, 1.82) is 0 Å². The molecule has 1 aliphatic heterocycles. The molecule has 1 fully saturated rings. The van der Waals surface area contributed by atoms with E-state index in [4.69, 9.17) is 5.73 Å². The number of likely N-dealkylation sites (tertiary alicyclic amines) is 1. The molecule has 1 heterocycles. The molecule has 1 amide bonds. The molecule has 1 saturated heterocycles. The predicted octanol–water partition coefficient (Wildman–Crippen LogP) is 1.30. The lowest BCUT2D eigenvalue weighted by molar-refractivity contribution is -0.133. The van der Waals surface area contributed by atoms with Crippen molar-refractivity contribution in [2.24, 2.45) is 11.7 Å². The quantitative estimate of drug-likeness (QED) is 0.778. The van der Waals surface area contributed by atoms with Gasteiger partial charge in [-0.1, -0.05) is 20.3 Å². The van der Waals surface area contributed by atoms with Gasteiger partial charge < -0.3 is 10.6 Å². The lowest BCUT2D eigenvalue weighted by atomic mass is 10.1. The maximum atomic E-state index is 12.2. The van der Waals surface area contributed by atoms with Crippen molar-refractivity contribution in [3.63, 3.8) is 0 Å². The van der Waals surface area contributed by atoms with E-state index in [1.165, 1.54) is 0 Å². The molecule has 0 radical (unpaired) electrons. The zero-order chi connectivity index (χ0) is 13.5. The predicted molar refractivity (Wildman–Crippen MR) is 75.4 cm³/mol. The SMILES string of the molecule is CCC(C)CN(CC)C(=O)CN1CCC(N)CC1. The highest BCUT2D eigenvalue weighted by Gasteiger charge is 2.21. The van der Waals surface area contributed by atoms with Crippen LogP contribution in [0, 0.1) is 5.92 Å². The highest BCUT2D eigenvalue weighted by Crippen LogP contribution is 2.09. The molecule has 0 aromatic carbocycles. The smallest absolute Gasteiger partial charge is 0.236 e. The van der Waals surface area contributed by atoms with E-state index in [0.29, 0.717) is 18.5 Å². The van der Waals surface area contributed by atoms with Gasteiger partial charge in [0.2, 0.25) is 5.91 Å². The van der Waals surface area contributed by atoms with Gasteiger partial charge in [0.05, 0.1) is 6.54 Å². The van der Waals surface area contributed by atoms with Gasteiger partial charge in [0.15, 0.2) is 0 Å². The molecule has 0 saturated carbocycles. The van der Waals surface area contributed by atoms with Gasteiger partial charge in [-0.15, -0.1) is 0 Å². The molecule has 1 aliphatic rings. The summed E-state index contributed by atoms with van der Waals surface area (Å²) in [7, 11) is 0. The maximum Gasteiger partial charge on any atom is 0.236 e. The van der Waals surface area contributed by atoms with Crippen LogP contribution in [0.3, 0.4) is 0 Å². The maximum absolute atomic E-state index is 12.2. The van der Waals surface area contributed by atoms with Crippen molar-refractivity contribution >= 4 is 5.91 Å². The minimum absolute atomic E-state index is 0.272. The van der Waals surface area contributed by atoms with Crippen molar-refractivity contribution in [3.05, 3.63) is 0 Å². The average Bonchev–Trinajstić information content (AvgIpc) is 2.38. The molecule has 1 unspecified atom stereocenters. The number of hydrogen-bond acceptors (Lipinski definition) is 3. The third-order valence-corrected chi connectivity index (χ3v) is 3.95. The molecule has 0 aromatic rings. The molecule has 1 atom stereocenters. The Hall–Kier alpha value is -0.610. The van der Waals surface area contributed by atoms with Crippen LogP contribution in [0.1, 0.15) is 40.0 Å². The Morgan fingerprint density at radius 3 is 2.50 bits per heavy atom. The number of nitrogens with two attached hydrogens (primary N) is 1. The first kappa shape index (κ1) is 15.4. The van der Waals surface area contributed by atoms with Crippen LogP contribution in [-0.2, 0) is 4.79 Å². The van der Waals surface area contributed by atoms with Gasteiger partial charge in [-0.25, -0.2) is 0 Å². The first-order valence-corrected chi connectivity index (χ1v) is 7.32. The average molecular weight is 255 g/mol. The first-order valence-electron chi connectivity index (χ1n) is 7.32. The topological polar surface area (TPSA) is 49.6 Å². The second-order valence-corrected chi connectivity index (χ2v) is 5.56. The van der Waals surface area contributed by atoms with E-state index < -0.39 is 0 Å². The van der Waals surface area contributed by atoms with E-state index in [1.54, 1.807) is 0 Å². The zero-order valence-electron chi connectivity index (χ0n) is 12.2. The summed E-state index contributed by atoms with van der Waals surface area (Å²) in [6.45, 7) is 10.6. The van der Waals surface area contributed by atoms with Crippen LogP contribution in [0.25, 0.3) is 0 Å². The van der Waals surface area contributed by atoms with Crippen molar-refractivity contribution < 1.29 is 4.79 Å². The van der Waals surface area contributed by atoms with E-state index >= 15 is 0 Å². The summed E-state index contributed by atoms with van der Waals surface area (Å²) in [4.78, 5) is 16.5. The van der Waals surface area contributed by atoms with Crippen LogP contribution in [0.4, 0.5) is 0 Å². The molecule has 106 valence electrons. The summed E-state index contributed by atoms with van der Waals surface area (Å²) < 4.78 is 0. The van der Waals surface area contributed by atoms with Crippen molar-refractivity contribution in [1.82, 2.24) is 9.80 Å². The molecule has 2 N–H and O–H groups in total. The lowest BCUT2D eigenvalue weighted by Gasteiger charge is -2.32. The fourth-order valence-corrected chi connectivity index (χ4v) is 2.31. The Labute approximate surface area is 111 Å². The summed E-state index contributed by atoms with van der Waals surface area (Å²) in [6.07, 6.45) is 3.16. The lowest BCUT2D eigenvalue weighted by Crippen LogP contribution is -2.46. The van der Waals surface area contributed by atoms with Gasteiger partial charge in [0, 0.05) is 32.2 Å². The molecule has 0 aliphatic carbocycles. The van der Waals surface area contributed by atoms with Crippen LogP contribution in [0.5, 0.6) is 0 Å². The Kier molecular flexibility index (Phi) is 6.65. The van der Waals surface area contributed by atoms with Crippen LogP contribution in [0.15, 0.2) is 0 Å². The molecular weight excluding hydrogens is 226 g/mol. The van der Waals surface area contributed by atoms with Crippen molar-refractivity contribution in [2.75, 3.05) is 32.7 Å². The molecular formula is C14H29N3O. The van der Waals surface area contributed by atoms with E-state index in [2.05, 4.69) is 25.7 Å². The molecule has 0 spiro atoms. The minimum Gasteiger partial charge on any atom is -0.342 e. The fraction of sp³-hybridized carbons (Fsp3) is 0.929. The summed E-state index contributed by atoms with van der Waals surface area (Å²) >= 11 is 0. The van der Waals surface area contributed by atoms with E-state index in [-0.39, 0.29) is 5.91 Å². The molecule has 0 bridgehead atoms. The number of carbonyl (C=O) groups is 1. The zero-order valence-corrected chi connectivity index (χ0v) is 12.2. The fourth-order valence-electron chi connectivity index (χ4n) is 2.31. The summed E-state index contributed by atoms with van der Waals surface area (Å²) in [5.74, 6) is 0.858.